The van der Waals surface area contributed by atoms with E-state index in [0.717, 1.165) is 0 Å². The number of nitrogens with two attached hydrogens (primary N) is 1. The quantitative estimate of drug-likeness (QED) is 0.504. The number of carbonyl (C=O) groups excluding carboxylic acids is 1. The molecule has 0 aromatic rings. The molecule has 0 aliphatic rings. The van der Waals surface area contributed by atoms with Crippen LogP contribution in [-0.4, -0.2) is 32.2 Å². The van der Waals surface area contributed by atoms with E-state index in [1.54, 1.807) is 0 Å². The topological polar surface area (TPSA) is 64.3 Å². The molecular weight excluding hydrogens is 132 g/mol. The third-order valence-electron chi connectivity index (χ3n) is 1.18. The zero-order valence-corrected chi connectivity index (χ0v) is 6.39. The second-order valence-corrected chi connectivity index (χ2v) is 2.09. The minimum atomic E-state index is -0.264. The SMILES string of the molecule is COC(=O)CNC(C)CN. The summed E-state index contributed by atoms with van der Waals surface area (Å²) in [5.41, 5.74) is 5.29. The summed E-state index contributed by atoms with van der Waals surface area (Å²) in [5.74, 6) is -0.264. The largest absolute Gasteiger partial charge is 0.468 e. The van der Waals surface area contributed by atoms with E-state index < -0.39 is 0 Å². The van der Waals surface area contributed by atoms with Gasteiger partial charge in [0, 0.05) is 12.6 Å². The predicted molar refractivity (Wildman–Crippen MR) is 38.5 cm³/mol. The van der Waals surface area contributed by atoms with Gasteiger partial charge in [0.25, 0.3) is 0 Å². The second kappa shape index (κ2) is 5.20. The van der Waals surface area contributed by atoms with E-state index >= 15 is 0 Å². The van der Waals surface area contributed by atoms with E-state index in [4.69, 9.17) is 5.73 Å². The van der Waals surface area contributed by atoms with Gasteiger partial charge in [-0.3, -0.25) is 4.79 Å². The lowest BCUT2D eigenvalue weighted by atomic mass is 10.3. The molecule has 4 heteroatoms. The molecule has 1 atom stereocenters. The van der Waals surface area contributed by atoms with E-state index in [1.165, 1.54) is 7.11 Å². The fourth-order valence-corrected chi connectivity index (χ4v) is 0.413. The number of nitrogens with one attached hydrogen (secondary N) is 1. The monoisotopic (exact) mass is 146 g/mol. The molecule has 0 fully saturated rings. The van der Waals surface area contributed by atoms with Gasteiger partial charge < -0.3 is 15.8 Å². The maximum Gasteiger partial charge on any atom is 0.319 e. The van der Waals surface area contributed by atoms with Crippen LogP contribution >= 0.6 is 0 Å². The van der Waals surface area contributed by atoms with E-state index in [9.17, 15) is 4.79 Å². The van der Waals surface area contributed by atoms with Crippen molar-refractivity contribution in [1.29, 1.82) is 0 Å². The Morgan fingerprint density at radius 1 is 1.80 bits per heavy atom. The number of methoxy groups -OCH3 is 1. The van der Waals surface area contributed by atoms with Crippen LogP contribution in [0.1, 0.15) is 6.92 Å². The Morgan fingerprint density at radius 3 is 2.80 bits per heavy atom. The van der Waals surface area contributed by atoms with Crippen molar-refractivity contribution in [1.82, 2.24) is 5.32 Å². The molecule has 10 heavy (non-hydrogen) atoms. The summed E-state index contributed by atoms with van der Waals surface area (Å²) in [5, 5.41) is 2.88. The molecule has 0 aromatic heterocycles. The van der Waals surface area contributed by atoms with Crippen LogP contribution in [0.25, 0.3) is 0 Å². The van der Waals surface area contributed by atoms with Crippen LogP contribution in [0.4, 0.5) is 0 Å². The summed E-state index contributed by atoms with van der Waals surface area (Å²) >= 11 is 0. The molecular formula is C6H14N2O2. The first kappa shape index (κ1) is 9.39. The maximum atomic E-state index is 10.5. The van der Waals surface area contributed by atoms with Crippen LogP contribution in [0.2, 0.25) is 0 Å². The van der Waals surface area contributed by atoms with Crippen LogP contribution in [0.5, 0.6) is 0 Å². The molecule has 0 amide bonds. The van der Waals surface area contributed by atoms with Crippen molar-refractivity contribution in [2.24, 2.45) is 5.73 Å². The number of hydrogen-bond donors (Lipinski definition) is 2. The van der Waals surface area contributed by atoms with Gasteiger partial charge in [0.05, 0.1) is 13.7 Å². The molecule has 0 radical (unpaired) electrons. The first-order valence-electron chi connectivity index (χ1n) is 3.21. The number of rotatable bonds is 4. The van der Waals surface area contributed by atoms with Gasteiger partial charge in [-0.15, -0.1) is 0 Å². The first-order valence-corrected chi connectivity index (χ1v) is 3.21. The summed E-state index contributed by atoms with van der Waals surface area (Å²) in [7, 11) is 1.36. The molecule has 1 unspecified atom stereocenters. The molecule has 0 heterocycles. The van der Waals surface area contributed by atoms with Crippen molar-refractivity contribution in [2.45, 2.75) is 13.0 Å². The lowest BCUT2D eigenvalue weighted by Gasteiger charge is -2.08. The molecule has 60 valence electrons. The Morgan fingerprint density at radius 2 is 2.40 bits per heavy atom. The molecule has 3 N–H and O–H groups in total. The Bertz CT molecular complexity index is 106. The standard InChI is InChI=1S/C6H14N2O2/c1-5(3-7)8-4-6(9)10-2/h5,8H,3-4,7H2,1-2H3. The Hall–Kier alpha value is -0.610. The molecule has 0 saturated carbocycles. The molecule has 0 spiro atoms. The van der Waals surface area contributed by atoms with Gasteiger partial charge in [-0.1, -0.05) is 0 Å². The molecule has 0 saturated heterocycles. The highest BCUT2D eigenvalue weighted by Crippen LogP contribution is 1.76. The zero-order valence-electron chi connectivity index (χ0n) is 6.39. The van der Waals surface area contributed by atoms with Crippen LogP contribution in [-0.2, 0) is 9.53 Å². The summed E-state index contributed by atoms with van der Waals surface area (Å²) in [6, 6.07) is 0.166. The van der Waals surface area contributed by atoms with Gasteiger partial charge in [-0.25, -0.2) is 0 Å². The van der Waals surface area contributed by atoms with Crippen molar-refractivity contribution >= 4 is 5.97 Å². The second-order valence-electron chi connectivity index (χ2n) is 2.09. The molecule has 0 aromatic carbocycles. The summed E-state index contributed by atoms with van der Waals surface area (Å²) in [6.45, 7) is 2.66. The highest BCUT2D eigenvalue weighted by molar-refractivity contribution is 5.71. The van der Waals surface area contributed by atoms with E-state index in [2.05, 4.69) is 10.1 Å². The van der Waals surface area contributed by atoms with E-state index in [1.807, 2.05) is 6.92 Å². The van der Waals surface area contributed by atoms with Crippen LogP contribution in [0, 0.1) is 0 Å². The molecule has 4 nitrogen and oxygen atoms in total. The van der Waals surface area contributed by atoms with Gasteiger partial charge in [0.2, 0.25) is 0 Å². The third kappa shape index (κ3) is 4.29. The number of ether oxygens (including phenoxy) is 1. The Kier molecular flexibility index (Phi) is 4.88. The van der Waals surface area contributed by atoms with Crippen molar-refractivity contribution in [3.05, 3.63) is 0 Å². The normalized spacial score (nSPS) is 12.7. The maximum absolute atomic E-state index is 10.5. The summed E-state index contributed by atoms with van der Waals surface area (Å²) in [4.78, 5) is 10.5. The van der Waals surface area contributed by atoms with E-state index in [-0.39, 0.29) is 18.6 Å². The van der Waals surface area contributed by atoms with Crippen LogP contribution in [0.3, 0.4) is 0 Å². The van der Waals surface area contributed by atoms with Gasteiger partial charge >= 0.3 is 5.97 Å². The number of esters is 1. The predicted octanol–water partition coefficient (Wildman–Crippen LogP) is -0.904. The van der Waals surface area contributed by atoms with Gasteiger partial charge in [0.1, 0.15) is 0 Å². The van der Waals surface area contributed by atoms with Crippen LogP contribution in [0.15, 0.2) is 0 Å². The van der Waals surface area contributed by atoms with Crippen molar-refractivity contribution < 1.29 is 9.53 Å². The van der Waals surface area contributed by atoms with E-state index in [0.29, 0.717) is 6.54 Å². The molecule has 0 aliphatic carbocycles. The third-order valence-corrected chi connectivity index (χ3v) is 1.18. The van der Waals surface area contributed by atoms with Gasteiger partial charge in [-0.2, -0.15) is 0 Å². The lowest BCUT2D eigenvalue weighted by molar-refractivity contribution is -0.139. The van der Waals surface area contributed by atoms with Crippen molar-refractivity contribution in [3.63, 3.8) is 0 Å². The fraction of sp³-hybridized carbons (Fsp3) is 0.833. The lowest BCUT2D eigenvalue weighted by Crippen LogP contribution is -2.37. The molecule has 0 aliphatic heterocycles. The highest BCUT2D eigenvalue weighted by atomic mass is 16.5. The summed E-state index contributed by atoms with van der Waals surface area (Å²) in [6.07, 6.45) is 0. The average molecular weight is 146 g/mol. The minimum Gasteiger partial charge on any atom is -0.468 e. The van der Waals surface area contributed by atoms with Crippen molar-refractivity contribution in [3.8, 4) is 0 Å². The fourth-order valence-electron chi connectivity index (χ4n) is 0.413. The number of carbonyl (C=O) groups is 1. The molecule has 0 bridgehead atoms. The Labute approximate surface area is 60.7 Å². The Balaban J connectivity index is 3.26. The highest BCUT2D eigenvalue weighted by Gasteiger charge is 2.01. The average Bonchev–Trinajstić information content (AvgIpc) is 1.99. The van der Waals surface area contributed by atoms with Gasteiger partial charge in [-0.05, 0) is 6.92 Å². The summed E-state index contributed by atoms with van der Waals surface area (Å²) < 4.78 is 4.40. The van der Waals surface area contributed by atoms with Crippen molar-refractivity contribution in [2.75, 3.05) is 20.2 Å². The van der Waals surface area contributed by atoms with Gasteiger partial charge in [0.15, 0.2) is 0 Å². The van der Waals surface area contributed by atoms with Crippen LogP contribution < -0.4 is 11.1 Å². The smallest absolute Gasteiger partial charge is 0.319 e. The molecule has 0 rings (SSSR count). The minimum absolute atomic E-state index is 0.166. The number of hydrogen-bond acceptors (Lipinski definition) is 4. The first-order chi connectivity index (χ1) is 4.70. The zero-order chi connectivity index (χ0) is 7.98.